The molecular weight excluding hydrogens is 322 g/mol. The second-order valence-corrected chi connectivity index (χ2v) is 6.16. The molecule has 0 unspecified atom stereocenters. The minimum atomic E-state index is -0.184. The summed E-state index contributed by atoms with van der Waals surface area (Å²) in [6.07, 6.45) is 2.63. The number of nitrogens with two attached hydrogens (primary N) is 1. The molecule has 0 aromatic heterocycles. The number of carbonyl (C=O) groups is 2. The van der Waals surface area contributed by atoms with Crippen molar-refractivity contribution in [3.05, 3.63) is 23.8 Å². The topological polar surface area (TPSA) is 103 Å². The van der Waals surface area contributed by atoms with E-state index < -0.39 is 0 Å². The number of ether oxygens (including phenoxy) is 2. The van der Waals surface area contributed by atoms with Crippen LogP contribution in [0, 0.1) is 5.92 Å². The average Bonchev–Trinajstić information content (AvgIpc) is 2.61. The maximum Gasteiger partial charge on any atom is 0.251 e. The van der Waals surface area contributed by atoms with Crippen molar-refractivity contribution in [1.82, 2.24) is 5.32 Å². The third-order valence-electron chi connectivity index (χ3n) is 4.04. The number of rotatable bonds is 8. The molecule has 0 atom stereocenters. The quantitative estimate of drug-likeness (QED) is 0.618. The van der Waals surface area contributed by atoms with Gasteiger partial charge in [0.2, 0.25) is 5.91 Å². The molecule has 0 bridgehead atoms. The van der Waals surface area contributed by atoms with E-state index in [4.69, 9.17) is 15.2 Å². The van der Waals surface area contributed by atoms with Crippen LogP contribution in [0.15, 0.2) is 18.2 Å². The van der Waals surface area contributed by atoms with Crippen LogP contribution in [-0.2, 0) is 9.53 Å². The van der Waals surface area contributed by atoms with Crippen LogP contribution in [0.3, 0.4) is 0 Å². The van der Waals surface area contributed by atoms with Gasteiger partial charge in [-0.05, 0) is 49.9 Å². The monoisotopic (exact) mass is 349 g/mol. The van der Waals surface area contributed by atoms with E-state index in [0.29, 0.717) is 42.6 Å². The maximum absolute atomic E-state index is 12.2. The zero-order valence-electron chi connectivity index (χ0n) is 14.7. The summed E-state index contributed by atoms with van der Waals surface area (Å²) in [6, 6.07) is 5.03. The predicted octanol–water partition coefficient (Wildman–Crippen LogP) is 1.53. The zero-order chi connectivity index (χ0) is 18.1. The predicted molar refractivity (Wildman–Crippen MR) is 95.8 cm³/mol. The summed E-state index contributed by atoms with van der Waals surface area (Å²) < 4.78 is 11.3. The van der Waals surface area contributed by atoms with Gasteiger partial charge < -0.3 is 25.8 Å². The van der Waals surface area contributed by atoms with E-state index in [1.807, 2.05) is 0 Å². The van der Waals surface area contributed by atoms with Crippen molar-refractivity contribution in [3.8, 4) is 5.75 Å². The molecule has 7 heteroatoms. The molecule has 1 saturated heterocycles. The first-order chi connectivity index (χ1) is 12.1. The Bertz CT molecular complexity index is 586. The van der Waals surface area contributed by atoms with Crippen LogP contribution < -0.4 is 21.1 Å². The van der Waals surface area contributed by atoms with Crippen molar-refractivity contribution >= 4 is 17.5 Å². The number of amides is 2. The minimum Gasteiger partial charge on any atom is -0.491 e. The number of carbonyl (C=O) groups excluding carboxylic acids is 2. The molecule has 0 spiro atoms. The van der Waals surface area contributed by atoms with Gasteiger partial charge >= 0.3 is 0 Å². The van der Waals surface area contributed by atoms with Crippen LogP contribution in [0.1, 0.15) is 36.5 Å². The molecule has 0 radical (unpaired) electrons. The van der Waals surface area contributed by atoms with E-state index in [0.717, 1.165) is 32.5 Å². The van der Waals surface area contributed by atoms with Gasteiger partial charge in [0.25, 0.3) is 5.91 Å². The molecule has 1 aromatic carbocycles. The molecule has 1 aliphatic rings. The molecule has 7 nitrogen and oxygen atoms in total. The number of nitrogens with one attached hydrogen (secondary N) is 2. The van der Waals surface area contributed by atoms with Gasteiger partial charge in [0, 0.05) is 32.2 Å². The first-order valence-corrected chi connectivity index (χ1v) is 8.70. The molecular formula is C18H27N3O4. The van der Waals surface area contributed by atoms with Crippen LogP contribution in [0.2, 0.25) is 0 Å². The smallest absolute Gasteiger partial charge is 0.251 e. The lowest BCUT2D eigenvalue weighted by Gasteiger charge is -2.23. The van der Waals surface area contributed by atoms with Gasteiger partial charge in [-0.2, -0.15) is 0 Å². The van der Waals surface area contributed by atoms with E-state index in [-0.39, 0.29) is 11.8 Å². The largest absolute Gasteiger partial charge is 0.491 e. The Labute approximate surface area is 148 Å². The Morgan fingerprint density at radius 1 is 1.32 bits per heavy atom. The first-order valence-electron chi connectivity index (χ1n) is 8.70. The molecule has 25 heavy (non-hydrogen) atoms. The minimum absolute atomic E-state index is 0.182. The highest BCUT2D eigenvalue weighted by Gasteiger charge is 2.17. The molecule has 2 rings (SSSR count). The van der Waals surface area contributed by atoms with Crippen LogP contribution in [0.25, 0.3) is 0 Å². The third kappa shape index (κ3) is 6.36. The summed E-state index contributed by atoms with van der Waals surface area (Å²) >= 11 is 0. The van der Waals surface area contributed by atoms with E-state index in [1.165, 1.54) is 6.92 Å². The highest BCUT2D eigenvalue weighted by atomic mass is 16.5. The molecule has 1 fully saturated rings. The molecule has 1 aromatic rings. The summed E-state index contributed by atoms with van der Waals surface area (Å²) in [5.74, 6) is 0.559. The maximum atomic E-state index is 12.2. The second-order valence-electron chi connectivity index (χ2n) is 6.16. The van der Waals surface area contributed by atoms with Gasteiger partial charge in [-0.3, -0.25) is 9.59 Å². The number of anilines is 1. The van der Waals surface area contributed by atoms with Crippen molar-refractivity contribution in [1.29, 1.82) is 0 Å². The molecule has 1 aliphatic heterocycles. The lowest BCUT2D eigenvalue weighted by molar-refractivity contribution is -0.114. The fraction of sp³-hybridized carbons (Fsp3) is 0.556. The number of benzene rings is 1. The summed E-state index contributed by atoms with van der Waals surface area (Å²) in [5, 5.41) is 5.56. The summed E-state index contributed by atoms with van der Waals surface area (Å²) in [4.78, 5) is 23.6. The van der Waals surface area contributed by atoms with Crippen molar-refractivity contribution in [2.24, 2.45) is 11.7 Å². The molecule has 138 valence electrons. The second kappa shape index (κ2) is 10.0. The van der Waals surface area contributed by atoms with Crippen LogP contribution >= 0.6 is 0 Å². The van der Waals surface area contributed by atoms with Crippen LogP contribution in [0.4, 0.5) is 5.69 Å². The van der Waals surface area contributed by atoms with Crippen molar-refractivity contribution in [2.75, 3.05) is 38.2 Å². The lowest BCUT2D eigenvalue weighted by Crippen LogP contribution is -2.26. The van der Waals surface area contributed by atoms with Crippen LogP contribution in [-0.4, -0.2) is 44.7 Å². The average molecular weight is 349 g/mol. The Morgan fingerprint density at radius 3 is 2.76 bits per heavy atom. The highest BCUT2D eigenvalue weighted by Crippen LogP contribution is 2.27. The van der Waals surface area contributed by atoms with Gasteiger partial charge in [-0.25, -0.2) is 0 Å². The van der Waals surface area contributed by atoms with E-state index in [2.05, 4.69) is 10.6 Å². The van der Waals surface area contributed by atoms with Gasteiger partial charge in [-0.15, -0.1) is 0 Å². The summed E-state index contributed by atoms with van der Waals surface area (Å²) in [6.45, 7) is 4.53. The van der Waals surface area contributed by atoms with E-state index in [9.17, 15) is 9.59 Å². The Kier molecular flexibility index (Phi) is 7.69. The van der Waals surface area contributed by atoms with Gasteiger partial charge in [0.15, 0.2) is 0 Å². The summed E-state index contributed by atoms with van der Waals surface area (Å²) in [7, 11) is 0. The Hall–Kier alpha value is -2.12. The van der Waals surface area contributed by atoms with Gasteiger partial charge in [-0.1, -0.05) is 0 Å². The van der Waals surface area contributed by atoms with Crippen molar-refractivity contribution in [3.63, 3.8) is 0 Å². The number of hydrogen-bond donors (Lipinski definition) is 3. The first kappa shape index (κ1) is 19.2. The number of hydrogen-bond acceptors (Lipinski definition) is 5. The Morgan fingerprint density at radius 2 is 2.08 bits per heavy atom. The Balaban J connectivity index is 2.06. The summed E-state index contributed by atoms with van der Waals surface area (Å²) in [5.41, 5.74) is 6.50. The molecule has 0 aliphatic carbocycles. The zero-order valence-corrected chi connectivity index (χ0v) is 14.7. The lowest BCUT2D eigenvalue weighted by atomic mass is 10.0. The van der Waals surface area contributed by atoms with Crippen molar-refractivity contribution < 1.29 is 19.1 Å². The molecule has 1 heterocycles. The normalized spacial score (nSPS) is 14.8. The standard InChI is InChI=1S/C18H27N3O4/c1-13(22)21-16-4-3-15(18(23)20-8-2-7-19)11-17(16)25-12-14-5-9-24-10-6-14/h3-4,11,14H,2,5-10,12,19H2,1H3,(H,20,23)(H,21,22). The molecule has 4 N–H and O–H groups in total. The highest BCUT2D eigenvalue weighted by molar-refractivity contribution is 5.96. The van der Waals surface area contributed by atoms with E-state index in [1.54, 1.807) is 18.2 Å². The fourth-order valence-corrected chi connectivity index (χ4v) is 2.60. The third-order valence-corrected chi connectivity index (χ3v) is 4.04. The van der Waals surface area contributed by atoms with Gasteiger partial charge in [0.1, 0.15) is 5.75 Å². The van der Waals surface area contributed by atoms with Crippen LogP contribution in [0.5, 0.6) is 5.75 Å². The van der Waals surface area contributed by atoms with Crippen molar-refractivity contribution in [2.45, 2.75) is 26.2 Å². The fourth-order valence-electron chi connectivity index (χ4n) is 2.60. The molecule has 2 amide bonds. The molecule has 0 saturated carbocycles. The van der Waals surface area contributed by atoms with Gasteiger partial charge in [0.05, 0.1) is 12.3 Å². The SMILES string of the molecule is CC(=O)Nc1ccc(C(=O)NCCCN)cc1OCC1CCOCC1. The van der Waals surface area contributed by atoms with E-state index >= 15 is 0 Å².